The average molecular weight is 484 g/mol. The van der Waals surface area contributed by atoms with Gasteiger partial charge < -0.3 is 29.6 Å². The molecule has 2 N–H and O–H groups in total. The van der Waals surface area contributed by atoms with Crippen molar-refractivity contribution in [2.24, 2.45) is 0 Å². The summed E-state index contributed by atoms with van der Waals surface area (Å²) in [5, 5.41) is 6.77. The van der Waals surface area contributed by atoms with Crippen molar-refractivity contribution in [2.75, 3.05) is 73.1 Å². The molecule has 1 fully saturated rings. The van der Waals surface area contributed by atoms with Crippen LogP contribution in [-0.2, 0) is 11.2 Å². The molecule has 2 aliphatic rings. The number of benzene rings is 1. The molecule has 0 amide bonds. The van der Waals surface area contributed by atoms with Crippen LogP contribution in [-0.4, -0.2) is 72.7 Å². The molecule has 0 saturated carbocycles. The van der Waals surface area contributed by atoms with E-state index in [0.717, 1.165) is 80.9 Å². The number of nitrogens with one attached hydrogen (secondary N) is 2. The van der Waals surface area contributed by atoms with Gasteiger partial charge in [0.1, 0.15) is 0 Å². The van der Waals surface area contributed by atoms with Crippen LogP contribution < -0.4 is 30.3 Å². The number of ether oxygens (including phenoxy) is 4. The van der Waals surface area contributed by atoms with E-state index in [1.807, 2.05) is 25.2 Å². The molecule has 1 atom stereocenters. The van der Waals surface area contributed by atoms with Gasteiger partial charge in [0.25, 0.3) is 0 Å². The molecule has 0 aromatic heterocycles. The topological polar surface area (TPSA) is 81.3 Å². The quantitative estimate of drug-likeness (QED) is 0.527. The van der Waals surface area contributed by atoms with Gasteiger partial charge >= 0.3 is 0 Å². The zero-order valence-corrected chi connectivity index (χ0v) is 21.2. The maximum Gasteiger partial charge on any atom is 0.203 e. The number of nitrogens with zero attached hydrogens (tertiary/aromatic N) is 1. The molecule has 0 spiro atoms. The molecule has 190 valence electrons. The van der Waals surface area contributed by atoms with Crippen molar-refractivity contribution >= 4 is 5.69 Å². The molecule has 8 heteroatoms. The van der Waals surface area contributed by atoms with E-state index in [1.165, 1.54) is 0 Å². The zero-order chi connectivity index (χ0) is 24.8. The first-order valence-corrected chi connectivity index (χ1v) is 12.3. The molecular weight excluding hydrogens is 446 g/mol. The highest BCUT2D eigenvalue weighted by Gasteiger charge is 2.28. The molecule has 0 unspecified atom stereocenters. The van der Waals surface area contributed by atoms with Crippen molar-refractivity contribution in [3.8, 4) is 28.4 Å². The van der Waals surface area contributed by atoms with E-state index < -0.39 is 0 Å². The Morgan fingerprint density at radius 3 is 2.51 bits per heavy atom. The summed E-state index contributed by atoms with van der Waals surface area (Å²) in [4.78, 5) is 15.7. The van der Waals surface area contributed by atoms with Gasteiger partial charge in [-0.2, -0.15) is 0 Å². The molecule has 1 aliphatic heterocycles. The highest BCUT2D eigenvalue weighted by molar-refractivity contribution is 5.83. The lowest BCUT2D eigenvalue weighted by atomic mass is 9.95. The van der Waals surface area contributed by atoms with E-state index in [4.69, 9.17) is 18.9 Å². The lowest BCUT2D eigenvalue weighted by Crippen LogP contribution is -2.37. The Labute approximate surface area is 207 Å². The molecule has 1 aliphatic carbocycles. The third-order valence-corrected chi connectivity index (χ3v) is 6.96. The lowest BCUT2D eigenvalue weighted by Gasteiger charge is -2.26. The van der Waals surface area contributed by atoms with E-state index in [1.54, 1.807) is 27.4 Å². The molecule has 0 bridgehead atoms. The van der Waals surface area contributed by atoms with Gasteiger partial charge in [-0.05, 0) is 67.7 Å². The highest BCUT2D eigenvalue weighted by atomic mass is 16.5. The van der Waals surface area contributed by atoms with Crippen LogP contribution in [0, 0.1) is 0 Å². The summed E-state index contributed by atoms with van der Waals surface area (Å²) in [5.41, 5.74) is 4.58. The van der Waals surface area contributed by atoms with Crippen molar-refractivity contribution in [3.05, 3.63) is 45.6 Å². The molecule has 35 heavy (non-hydrogen) atoms. The first-order chi connectivity index (χ1) is 17.1. The fraction of sp³-hybridized carbons (Fsp3) is 0.519. The lowest BCUT2D eigenvalue weighted by molar-refractivity contribution is 0.0378. The van der Waals surface area contributed by atoms with Crippen LogP contribution in [0.15, 0.2) is 29.1 Å². The van der Waals surface area contributed by atoms with E-state index >= 15 is 0 Å². The van der Waals surface area contributed by atoms with Gasteiger partial charge in [-0.25, -0.2) is 0 Å². The maximum atomic E-state index is 13.3. The largest absolute Gasteiger partial charge is 0.493 e. The number of fused-ring (bicyclic) bond motifs is 3. The summed E-state index contributed by atoms with van der Waals surface area (Å²) in [6, 6.07) is 7.76. The van der Waals surface area contributed by atoms with Crippen LogP contribution in [0.1, 0.15) is 30.0 Å². The summed E-state index contributed by atoms with van der Waals surface area (Å²) >= 11 is 0. The van der Waals surface area contributed by atoms with Crippen LogP contribution in [0.2, 0.25) is 0 Å². The van der Waals surface area contributed by atoms with Crippen LogP contribution in [0.5, 0.6) is 17.2 Å². The van der Waals surface area contributed by atoms with Crippen molar-refractivity contribution in [1.82, 2.24) is 10.2 Å². The van der Waals surface area contributed by atoms with E-state index in [2.05, 4.69) is 15.5 Å². The number of hydrogen-bond donors (Lipinski definition) is 2. The maximum absolute atomic E-state index is 13.3. The van der Waals surface area contributed by atoms with Gasteiger partial charge in [-0.3, -0.25) is 9.69 Å². The summed E-state index contributed by atoms with van der Waals surface area (Å²) < 4.78 is 22.5. The predicted molar refractivity (Wildman–Crippen MR) is 138 cm³/mol. The first-order valence-electron chi connectivity index (χ1n) is 12.3. The minimum atomic E-state index is -0.0132. The van der Waals surface area contributed by atoms with Crippen LogP contribution in [0.25, 0.3) is 11.1 Å². The van der Waals surface area contributed by atoms with Crippen molar-refractivity contribution in [3.63, 3.8) is 0 Å². The van der Waals surface area contributed by atoms with E-state index in [-0.39, 0.29) is 11.5 Å². The molecule has 1 heterocycles. The summed E-state index contributed by atoms with van der Waals surface area (Å²) in [6.07, 6.45) is 2.63. The highest BCUT2D eigenvalue weighted by Crippen LogP contribution is 2.50. The molecule has 1 saturated heterocycles. The summed E-state index contributed by atoms with van der Waals surface area (Å²) in [5.74, 6) is 1.82. The van der Waals surface area contributed by atoms with Gasteiger partial charge in [0.05, 0.1) is 40.2 Å². The molecule has 4 rings (SSSR count). The second kappa shape index (κ2) is 11.7. The fourth-order valence-electron chi connectivity index (χ4n) is 5.11. The Morgan fingerprint density at radius 2 is 1.83 bits per heavy atom. The van der Waals surface area contributed by atoms with Crippen LogP contribution in [0.3, 0.4) is 0 Å². The van der Waals surface area contributed by atoms with E-state index in [0.29, 0.717) is 22.9 Å². The second-order valence-electron chi connectivity index (χ2n) is 8.92. The number of anilines is 1. The Morgan fingerprint density at radius 1 is 1.06 bits per heavy atom. The smallest absolute Gasteiger partial charge is 0.203 e. The van der Waals surface area contributed by atoms with Gasteiger partial charge in [0.2, 0.25) is 11.2 Å². The average Bonchev–Trinajstić information content (AvgIpc) is 3.14. The Bertz CT molecular complexity index is 1090. The Hall–Kier alpha value is -2.81. The minimum absolute atomic E-state index is 0.0132. The molecule has 8 nitrogen and oxygen atoms in total. The molecule has 2 aromatic carbocycles. The van der Waals surface area contributed by atoms with E-state index in [9.17, 15) is 4.79 Å². The summed E-state index contributed by atoms with van der Waals surface area (Å²) in [7, 11) is 6.82. The number of hydrogen-bond acceptors (Lipinski definition) is 8. The third-order valence-electron chi connectivity index (χ3n) is 6.96. The third kappa shape index (κ3) is 5.39. The minimum Gasteiger partial charge on any atom is -0.493 e. The van der Waals surface area contributed by atoms with Gasteiger partial charge in [-0.15, -0.1) is 0 Å². The van der Waals surface area contributed by atoms with Gasteiger partial charge in [0.15, 0.2) is 11.5 Å². The standard InChI is InChI=1S/C27H37N3O5/c1-28-21-8-6-18-16-24(32-2)26(33-3)27(34-4)25(18)19-7-9-22(23(31)17-20(19)21)29-10-5-11-30-12-14-35-15-13-30/h7,9,16-17,21,28H,5-6,8,10-15H2,1-4H3,(H,29,31)/t21-/m0/s1. The van der Waals surface area contributed by atoms with Crippen LogP contribution in [0.4, 0.5) is 5.69 Å². The zero-order valence-electron chi connectivity index (χ0n) is 21.2. The van der Waals surface area contributed by atoms with Crippen molar-refractivity contribution in [1.29, 1.82) is 0 Å². The van der Waals surface area contributed by atoms with Crippen LogP contribution >= 0.6 is 0 Å². The Kier molecular flexibility index (Phi) is 8.49. The second-order valence-corrected chi connectivity index (χ2v) is 8.92. The first kappa shape index (κ1) is 25.3. The fourth-order valence-corrected chi connectivity index (χ4v) is 5.11. The number of morpholine rings is 1. The number of methoxy groups -OCH3 is 3. The molecule has 0 radical (unpaired) electrons. The summed E-state index contributed by atoms with van der Waals surface area (Å²) in [6.45, 7) is 5.27. The number of aryl methyl sites for hydroxylation is 1. The van der Waals surface area contributed by atoms with Crippen molar-refractivity contribution in [2.45, 2.75) is 25.3 Å². The number of rotatable bonds is 9. The van der Waals surface area contributed by atoms with Crippen molar-refractivity contribution < 1.29 is 18.9 Å². The monoisotopic (exact) mass is 483 g/mol. The molecule has 2 aromatic rings. The Balaban J connectivity index is 1.69. The SMILES string of the molecule is CN[C@H]1CCc2cc(OC)c(OC)c(OC)c2-c2ccc(NCCCN3CCOCC3)c(=O)cc21. The predicted octanol–water partition coefficient (Wildman–Crippen LogP) is 3.08. The normalized spacial score (nSPS) is 17.7. The molecular formula is C27H37N3O5. The van der Waals surface area contributed by atoms with Gasteiger partial charge in [-0.1, -0.05) is 6.07 Å². The van der Waals surface area contributed by atoms with Gasteiger partial charge in [0, 0.05) is 31.2 Å².